The number of carbonyl (C=O) groups is 1. The van der Waals surface area contributed by atoms with Gasteiger partial charge in [-0.05, 0) is 29.8 Å². The third-order valence-corrected chi connectivity index (χ3v) is 6.56. The van der Waals surface area contributed by atoms with Gasteiger partial charge >= 0.3 is 5.97 Å². The Morgan fingerprint density at radius 1 is 1.10 bits per heavy atom. The van der Waals surface area contributed by atoms with Gasteiger partial charge in [0.2, 0.25) is 0 Å². The molecule has 0 aliphatic rings. The number of nitrogens with zero attached hydrogens (tertiary/aromatic N) is 2. The Morgan fingerprint density at radius 2 is 1.74 bits per heavy atom. The standard InChI is InChI=1S/C22H19N3O3S2.ClH/c1-23-22(29-3)24-17-16-14-11-7-8-12-15(14)19(26)25(13-9-5-4-6-10-13)20(16)30-18(17)21(27)28-2;/h4-12H,1-3H3,(H,23,24);1H. The van der Waals surface area contributed by atoms with E-state index >= 15 is 0 Å². The first kappa shape index (κ1) is 22.9. The lowest BCUT2D eigenvalue weighted by Crippen LogP contribution is -2.18. The number of rotatable bonds is 3. The van der Waals surface area contributed by atoms with Crippen LogP contribution in [-0.2, 0) is 4.74 Å². The van der Waals surface area contributed by atoms with Crippen molar-refractivity contribution in [2.24, 2.45) is 4.99 Å². The van der Waals surface area contributed by atoms with Crippen LogP contribution in [0.1, 0.15) is 9.67 Å². The van der Waals surface area contributed by atoms with E-state index in [4.69, 9.17) is 4.74 Å². The number of methoxy groups -OCH3 is 1. The summed E-state index contributed by atoms with van der Waals surface area (Å²) in [6, 6.07) is 16.8. The fourth-order valence-electron chi connectivity index (χ4n) is 3.40. The van der Waals surface area contributed by atoms with Crippen LogP contribution in [0, 0.1) is 0 Å². The van der Waals surface area contributed by atoms with Crippen molar-refractivity contribution in [2.75, 3.05) is 25.7 Å². The van der Waals surface area contributed by atoms with E-state index in [0.29, 0.717) is 25.9 Å². The summed E-state index contributed by atoms with van der Waals surface area (Å²) in [6.45, 7) is 0. The number of esters is 1. The number of nitrogens with one attached hydrogen (secondary N) is 1. The van der Waals surface area contributed by atoms with Gasteiger partial charge in [0.05, 0.1) is 18.5 Å². The molecular weight excluding hydrogens is 454 g/mol. The minimum atomic E-state index is -0.466. The zero-order valence-electron chi connectivity index (χ0n) is 17.0. The van der Waals surface area contributed by atoms with Crippen LogP contribution < -0.4 is 10.9 Å². The molecule has 0 atom stereocenters. The van der Waals surface area contributed by atoms with Gasteiger partial charge in [0.1, 0.15) is 9.71 Å². The van der Waals surface area contributed by atoms with Gasteiger partial charge in [-0.25, -0.2) is 4.79 Å². The fourth-order valence-corrected chi connectivity index (χ4v) is 4.99. The second-order valence-electron chi connectivity index (χ2n) is 6.36. The molecule has 0 unspecified atom stereocenters. The van der Waals surface area contributed by atoms with Crippen LogP contribution in [0.5, 0.6) is 0 Å². The maximum atomic E-state index is 13.4. The number of halogens is 1. The first-order valence-electron chi connectivity index (χ1n) is 9.12. The minimum Gasteiger partial charge on any atom is -0.465 e. The van der Waals surface area contributed by atoms with E-state index in [2.05, 4.69) is 10.3 Å². The topological polar surface area (TPSA) is 72.7 Å². The van der Waals surface area contributed by atoms with Gasteiger partial charge in [-0.3, -0.25) is 14.4 Å². The van der Waals surface area contributed by atoms with Crippen LogP contribution in [-0.4, -0.2) is 36.1 Å². The number of aliphatic imine (C=N–C) groups is 1. The molecule has 31 heavy (non-hydrogen) atoms. The number of benzene rings is 2. The average molecular weight is 474 g/mol. The predicted molar refractivity (Wildman–Crippen MR) is 134 cm³/mol. The monoisotopic (exact) mass is 473 g/mol. The number of anilines is 1. The summed E-state index contributed by atoms with van der Waals surface area (Å²) in [6.07, 6.45) is 1.90. The largest absolute Gasteiger partial charge is 0.465 e. The third kappa shape index (κ3) is 3.94. The highest BCUT2D eigenvalue weighted by Gasteiger charge is 2.25. The van der Waals surface area contributed by atoms with Crippen LogP contribution in [0.3, 0.4) is 0 Å². The SMILES string of the molecule is CN=C(Nc1c(C(=O)OC)sc2c1c1ccccc1c(=O)n2-c1ccccc1)SC.Cl. The van der Waals surface area contributed by atoms with Crippen molar-refractivity contribution in [2.45, 2.75) is 0 Å². The maximum Gasteiger partial charge on any atom is 0.350 e. The Hall–Kier alpha value is -2.81. The van der Waals surface area contributed by atoms with Crippen LogP contribution in [0.2, 0.25) is 0 Å². The summed E-state index contributed by atoms with van der Waals surface area (Å²) in [5.41, 5.74) is 1.19. The van der Waals surface area contributed by atoms with Crippen LogP contribution >= 0.6 is 35.5 Å². The molecule has 0 saturated carbocycles. The summed E-state index contributed by atoms with van der Waals surface area (Å²) >= 11 is 2.67. The Balaban J connectivity index is 0.00000272. The first-order valence-corrected chi connectivity index (χ1v) is 11.2. The molecule has 2 aromatic carbocycles. The van der Waals surface area contributed by atoms with Crippen molar-refractivity contribution >= 4 is 73.3 Å². The molecule has 6 nitrogen and oxygen atoms in total. The van der Waals surface area contributed by atoms with E-state index in [0.717, 1.165) is 16.5 Å². The first-order chi connectivity index (χ1) is 14.6. The van der Waals surface area contributed by atoms with Crippen molar-refractivity contribution in [3.8, 4) is 5.69 Å². The van der Waals surface area contributed by atoms with E-state index in [9.17, 15) is 9.59 Å². The molecule has 0 saturated heterocycles. The molecule has 2 heterocycles. The number of fused-ring (bicyclic) bond motifs is 3. The van der Waals surface area contributed by atoms with Crippen LogP contribution in [0.25, 0.3) is 26.7 Å². The number of hydrogen-bond donors (Lipinski definition) is 1. The highest BCUT2D eigenvalue weighted by Crippen LogP contribution is 2.41. The molecule has 2 aromatic heterocycles. The number of para-hydroxylation sites is 1. The Bertz CT molecular complexity index is 1350. The van der Waals surface area contributed by atoms with Crippen LogP contribution in [0.4, 0.5) is 5.69 Å². The van der Waals surface area contributed by atoms with Crippen molar-refractivity contribution in [1.82, 2.24) is 4.57 Å². The van der Waals surface area contributed by atoms with Gasteiger partial charge in [-0.15, -0.1) is 23.7 Å². The molecule has 0 bridgehead atoms. The summed E-state index contributed by atoms with van der Waals surface area (Å²) in [5, 5.41) is 6.07. The van der Waals surface area contributed by atoms with Gasteiger partial charge in [0, 0.05) is 17.8 Å². The summed E-state index contributed by atoms with van der Waals surface area (Å²) in [5.74, 6) is -0.466. The van der Waals surface area contributed by atoms with E-state index in [1.807, 2.05) is 54.8 Å². The van der Waals surface area contributed by atoms with Crippen molar-refractivity contribution in [1.29, 1.82) is 0 Å². The van der Waals surface area contributed by atoms with Gasteiger partial charge < -0.3 is 10.1 Å². The molecule has 0 spiro atoms. The highest BCUT2D eigenvalue weighted by atomic mass is 35.5. The van der Waals surface area contributed by atoms with Gasteiger partial charge in [-0.1, -0.05) is 48.2 Å². The molecule has 4 rings (SSSR count). The molecule has 1 N–H and O–H groups in total. The minimum absolute atomic E-state index is 0. The number of pyridine rings is 1. The van der Waals surface area contributed by atoms with E-state index in [1.165, 1.54) is 30.2 Å². The highest BCUT2D eigenvalue weighted by molar-refractivity contribution is 8.13. The zero-order valence-corrected chi connectivity index (χ0v) is 19.5. The van der Waals surface area contributed by atoms with E-state index in [1.54, 1.807) is 17.7 Å². The number of aromatic nitrogens is 1. The molecular formula is C22H20ClN3O3S2. The van der Waals surface area contributed by atoms with Gasteiger partial charge in [0.15, 0.2) is 5.17 Å². The lowest BCUT2D eigenvalue weighted by atomic mass is 10.1. The predicted octanol–water partition coefficient (Wildman–Crippen LogP) is 5.17. The number of thiophene rings is 1. The van der Waals surface area contributed by atoms with Gasteiger partial charge in [-0.2, -0.15) is 0 Å². The lowest BCUT2D eigenvalue weighted by Gasteiger charge is -2.12. The second kappa shape index (κ2) is 9.55. The lowest BCUT2D eigenvalue weighted by molar-refractivity contribution is 0.0607. The Morgan fingerprint density at radius 3 is 2.35 bits per heavy atom. The molecule has 4 aromatic rings. The number of amidine groups is 1. The van der Waals surface area contributed by atoms with Crippen molar-refractivity contribution in [3.63, 3.8) is 0 Å². The fraction of sp³-hybridized carbons (Fsp3) is 0.136. The molecule has 0 amide bonds. The van der Waals surface area contributed by atoms with Crippen molar-refractivity contribution in [3.05, 3.63) is 69.8 Å². The number of carbonyl (C=O) groups excluding carboxylic acids is 1. The van der Waals surface area contributed by atoms with E-state index in [-0.39, 0.29) is 18.0 Å². The summed E-state index contributed by atoms with van der Waals surface area (Å²) in [4.78, 5) is 31.4. The Kier molecular flexibility index (Phi) is 7.04. The molecule has 0 radical (unpaired) electrons. The number of hydrogen-bond acceptors (Lipinski definition) is 6. The zero-order chi connectivity index (χ0) is 21.3. The normalized spacial score (nSPS) is 11.4. The number of ether oxygens (including phenoxy) is 1. The number of thioether (sulfide) groups is 1. The Labute approximate surface area is 193 Å². The van der Waals surface area contributed by atoms with Gasteiger partial charge in [0.25, 0.3) is 5.56 Å². The summed E-state index contributed by atoms with van der Waals surface area (Å²) < 4.78 is 6.70. The average Bonchev–Trinajstić information content (AvgIpc) is 3.16. The maximum absolute atomic E-state index is 13.4. The second-order valence-corrected chi connectivity index (χ2v) is 8.15. The molecule has 0 aliphatic carbocycles. The third-order valence-electron chi connectivity index (χ3n) is 4.74. The quantitative estimate of drug-likeness (QED) is 0.252. The molecule has 0 aliphatic heterocycles. The molecule has 160 valence electrons. The van der Waals surface area contributed by atoms with Crippen LogP contribution in [0.15, 0.2) is 64.4 Å². The van der Waals surface area contributed by atoms with E-state index < -0.39 is 5.97 Å². The van der Waals surface area contributed by atoms with Crippen molar-refractivity contribution < 1.29 is 9.53 Å². The molecule has 9 heteroatoms. The smallest absolute Gasteiger partial charge is 0.350 e. The summed E-state index contributed by atoms with van der Waals surface area (Å²) in [7, 11) is 3.03. The molecule has 0 fully saturated rings.